The van der Waals surface area contributed by atoms with Gasteiger partial charge < -0.3 is 19.5 Å². The molecule has 0 amide bonds. The van der Waals surface area contributed by atoms with Gasteiger partial charge in [0.15, 0.2) is 23.1 Å². The lowest BCUT2D eigenvalue weighted by atomic mass is 9.96. The van der Waals surface area contributed by atoms with E-state index in [-0.39, 0.29) is 17.1 Å². The molecule has 3 aromatic rings. The summed E-state index contributed by atoms with van der Waals surface area (Å²) in [6, 6.07) is 10.7. The van der Waals surface area contributed by atoms with Crippen LogP contribution in [-0.2, 0) is 14.3 Å². The molecule has 2 aromatic carbocycles. The van der Waals surface area contributed by atoms with Crippen LogP contribution in [0.2, 0.25) is 5.02 Å². The minimum atomic E-state index is -0.270. The van der Waals surface area contributed by atoms with Crippen LogP contribution in [0.25, 0.3) is 16.5 Å². The van der Waals surface area contributed by atoms with Crippen molar-refractivity contribution in [3.63, 3.8) is 0 Å². The third-order valence-electron chi connectivity index (χ3n) is 5.06. The summed E-state index contributed by atoms with van der Waals surface area (Å²) >= 11 is 6.34. The molecule has 0 fully saturated rings. The molecule has 1 aromatic heterocycles. The zero-order valence-corrected chi connectivity index (χ0v) is 18.8. The number of pyridine rings is 1. The van der Waals surface area contributed by atoms with Gasteiger partial charge in [0.25, 0.3) is 0 Å². The van der Waals surface area contributed by atoms with E-state index in [2.05, 4.69) is 10.3 Å². The van der Waals surface area contributed by atoms with Gasteiger partial charge in [0, 0.05) is 52.3 Å². The molecule has 0 unspecified atom stereocenters. The first-order valence-electron chi connectivity index (χ1n) is 10.1. The molecule has 0 saturated carbocycles. The monoisotopic (exact) mass is 464 g/mol. The van der Waals surface area contributed by atoms with Crippen molar-refractivity contribution in [2.45, 2.75) is 0 Å². The molecule has 0 bridgehead atoms. The number of hydrogen-bond donors (Lipinski definition) is 1. The number of methoxy groups -OCH3 is 2. The number of anilines is 2. The first kappa shape index (κ1) is 22.5. The molecule has 0 spiro atoms. The standard InChI is InChI=1S/C25H21ClN2O5/c1-31-9-10-33-25-14-22-19(13-24(25)32-2)21(7-8-27-22)28-15-3-5-20(26)17(11-15)18-12-16(29)4-6-23(18)30/h3-8,11-14H,9-10H2,1-2H3,(H,27,28). The molecule has 1 aliphatic rings. The average Bonchev–Trinajstić information content (AvgIpc) is 2.82. The number of hydrogen-bond acceptors (Lipinski definition) is 7. The zero-order chi connectivity index (χ0) is 23.4. The summed E-state index contributed by atoms with van der Waals surface area (Å²) in [5.74, 6) is 0.610. The van der Waals surface area contributed by atoms with Crippen molar-refractivity contribution in [3.05, 3.63) is 71.4 Å². The van der Waals surface area contributed by atoms with Gasteiger partial charge in [-0.1, -0.05) is 11.6 Å². The number of benzene rings is 2. The average molecular weight is 465 g/mol. The molecule has 0 radical (unpaired) electrons. The first-order valence-corrected chi connectivity index (χ1v) is 10.5. The van der Waals surface area contributed by atoms with E-state index < -0.39 is 0 Å². The fourth-order valence-corrected chi connectivity index (χ4v) is 3.67. The summed E-state index contributed by atoms with van der Waals surface area (Å²) in [7, 11) is 3.18. The van der Waals surface area contributed by atoms with Crippen molar-refractivity contribution in [2.75, 3.05) is 32.8 Å². The summed E-state index contributed by atoms with van der Waals surface area (Å²) < 4.78 is 16.3. The Kier molecular flexibility index (Phi) is 6.72. The number of carbonyl (C=O) groups is 2. The number of fused-ring (bicyclic) bond motifs is 1. The molecule has 1 aliphatic carbocycles. The number of allylic oxidation sites excluding steroid dienone is 4. The highest BCUT2D eigenvalue weighted by molar-refractivity contribution is 6.39. The van der Waals surface area contributed by atoms with E-state index >= 15 is 0 Å². The van der Waals surface area contributed by atoms with Gasteiger partial charge in [0.2, 0.25) is 0 Å². The summed E-state index contributed by atoms with van der Waals surface area (Å²) in [4.78, 5) is 28.5. The Hall–Kier alpha value is -3.68. The SMILES string of the molecule is COCCOc1cc2nccc(Nc3ccc(Cl)c(C4=CC(=O)C=CC4=O)c3)c2cc1OC. The van der Waals surface area contributed by atoms with Crippen LogP contribution in [0.3, 0.4) is 0 Å². The maximum atomic E-state index is 12.3. The van der Waals surface area contributed by atoms with Gasteiger partial charge in [-0.15, -0.1) is 0 Å². The van der Waals surface area contributed by atoms with Crippen LogP contribution in [0.1, 0.15) is 5.56 Å². The van der Waals surface area contributed by atoms with E-state index in [1.807, 2.05) is 18.2 Å². The van der Waals surface area contributed by atoms with Gasteiger partial charge in [-0.05, 0) is 48.6 Å². The molecule has 33 heavy (non-hydrogen) atoms. The molecule has 0 saturated heterocycles. The second kappa shape index (κ2) is 9.85. The van der Waals surface area contributed by atoms with Gasteiger partial charge in [0.1, 0.15) is 6.61 Å². The molecule has 1 heterocycles. The number of nitrogens with one attached hydrogen (secondary N) is 1. The highest BCUT2D eigenvalue weighted by Gasteiger charge is 2.18. The second-order valence-corrected chi connectivity index (χ2v) is 7.60. The lowest BCUT2D eigenvalue weighted by Crippen LogP contribution is -2.07. The van der Waals surface area contributed by atoms with E-state index in [0.717, 1.165) is 11.1 Å². The van der Waals surface area contributed by atoms with Crippen LogP contribution in [0.5, 0.6) is 11.5 Å². The van der Waals surface area contributed by atoms with Crippen molar-refractivity contribution in [3.8, 4) is 11.5 Å². The Morgan fingerprint density at radius 2 is 1.85 bits per heavy atom. The van der Waals surface area contributed by atoms with Crippen molar-refractivity contribution in [1.82, 2.24) is 4.98 Å². The molecule has 7 nitrogen and oxygen atoms in total. The van der Waals surface area contributed by atoms with Crippen LogP contribution < -0.4 is 14.8 Å². The number of halogens is 1. The number of rotatable bonds is 8. The maximum Gasteiger partial charge on any atom is 0.186 e. The van der Waals surface area contributed by atoms with Crippen LogP contribution in [0.4, 0.5) is 11.4 Å². The third kappa shape index (κ3) is 4.89. The number of ether oxygens (including phenoxy) is 3. The Bertz CT molecular complexity index is 1300. The highest BCUT2D eigenvalue weighted by atomic mass is 35.5. The van der Waals surface area contributed by atoms with E-state index in [1.54, 1.807) is 38.6 Å². The van der Waals surface area contributed by atoms with Crippen molar-refractivity contribution < 1.29 is 23.8 Å². The van der Waals surface area contributed by atoms with Crippen molar-refractivity contribution in [1.29, 1.82) is 0 Å². The Morgan fingerprint density at radius 1 is 1.00 bits per heavy atom. The molecular formula is C25H21ClN2O5. The van der Waals surface area contributed by atoms with E-state index in [1.165, 1.54) is 18.2 Å². The second-order valence-electron chi connectivity index (χ2n) is 7.20. The van der Waals surface area contributed by atoms with Crippen molar-refractivity contribution >= 4 is 51.0 Å². The Morgan fingerprint density at radius 3 is 2.64 bits per heavy atom. The van der Waals surface area contributed by atoms with E-state index in [9.17, 15) is 9.59 Å². The maximum absolute atomic E-state index is 12.3. The van der Waals surface area contributed by atoms with Crippen LogP contribution in [0, 0.1) is 0 Å². The normalized spacial score (nSPS) is 13.2. The molecule has 0 atom stereocenters. The summed E-state index contributed by atoms with van der Waals surface area (Å²) in [6.07, 6.45) is 5.48. The molecular weight excluding hydrogens is 444 g/mol. The summed E-state index contributed by atoms with van der Waals surface area (Å²) in [5.41, 5.74) is 2.92. The lowest BCUT2D eigenvalue weighted by molar-refractivity contribution is -0.113. The molecule has 1 N–H and O–H groups in total. The first-order chi connectivity index (χ1) is 16.0. The Balaban J connectivity index is 1.69. The minimum Gasteiger partial charge on any atom is -0.493 e. The quantitative estimate of drug-likeness (QED) is 0.380. The predicted molar refractivity (Wildman–Crippen MR) is 128 cm³/mol. The number of nitrogens with zero attached hydrogens (tertiary/aromatic N) is 1. The highest BCUT2D eigenvalue weighted by Crippen LogP contribution is 2.36. The minimum absolute atomic E-state index is 0.255. The van der Waals surface area contributed by atoms with Crippen LogP contribution in [-0.4, -0.2) is 44.0 Å². The molecule has 4 rings (SSSR count). The van der Waals surface area contributed by atoms with Crippen molar-refractivity contribution in [2.24, 2.45) is 0 Å². The topological polar surface area (TPSA) is 86.8 Å². The van der Waals surface area contributed by atoms with Gasteiger partial charge in [0.05, 0.1) is 19.2 Å². The predicted octanol–water partition coefficient (Wildman–Crippen LogP) is 4.76. The molecule has 0 aliphatic heterocycles. The van der Waals surface area contributed by atoms with Gasteiger partial charge >= 0.3 is 0 Å². The number of carbonyl (C=O) groups excluding carboxylic acids is 2. The van der Waals surface area contributed by atoms with Gasteiger partial charge in [-0.2, -0.15) is 0 Å². The number of ketones is 2. The molecule has 8 heteroatoms. The van der Waals surface area contributed by atoms with Gasteiger partial charge in [-0.3, -0.25) is 14.6 Å². The van der Waals surface area contributed by atoms with E-state index in [0.29, 0.717) is 46.5 Å². The van der Waals surface area contributed by atoms with Crippen LogP contribution in [0.15, 0.2) is 60.8 Å². The fraction of sp³-hybridized carbons (Fsp3) is 0.160. The molecule has 168 valence electrons. The number of aromatic nitrogens is 1. The fourth-order valence-electron chi connectivity index (χ4n) is 3.45. The smallest absolute Gasteiger partial charge is 0.186 e. The summed E-state index contributed by atoms with van der Waals surface area (Å²) in [5, 5.41) is 4.54. The third-order valence-corrected chi connectivity index (χ3v) is 5.39. The Labute approximate surface area is 195 Å². The zero-order valence-electron chi connectivity index (χ0n) is 18.1. The largest absolute Gasteiger partial charge is 0.493 e. The van der Waals surface area contributed by atoms with Crippen LogP contribution >= 0.6 is 11.6 Å². The van der Waals surface area contributed by atoms with Gasteiger partial charge in [-0.25, -0.2) is 0 Å². The van der Waals surface area contributed by atoms with E-state index in [4.69, 9.17) is 25.8 Å². The summed E-state index contributed by atoms with van der Waals surface area (Å²) in [6.45, 7) is 0.839. The lowest BCUT2D eigenvalue weighted by Gasteiger charge is -2.15.